The van der Waals surface area contributed by atoms with Crippen LogP contribution >= 0.6 is 0 Å². The van der Waals surface area contributed by atoms with Crippen molar-refractivity contribution >= 4 is 0 Å². The van der Waals surface area contributed by atoms with Gasteiger partial charge in [0.15, 0.2) is 0 Å². The molecule has 0 saturated carbocycles. The standard InChI is InChI=1S/C16H16O2/c1-17-13-7-8-15-12(9-13)4-3-11-5-6-14(18-2)10-16(11)15/h5-10H,3-4H2,1-2H3. The monoisotopic (exact) mass is 240 g/mol. The van der Waals surface area contributed by atoms with Crippen LogP contribution in [0, 0.1) is 0 Å². The molecule has 2 aromatic rings. The summed E-state index contributed by atoms with van der Waals surface area (Å²) in [5, 5.41) is 0. The lowest BCUT2D eigenvalue weighted by molar-refractivity contribution is 0.414. The minimum atomic E-state index is 0.914. The van der Waals surface area contributed by atoms with Crippen molar-refractivity contribution in [2.75, 3.05) is 14.2 Å². The van der Waals surface area contributed by atoms with Gasteiger partial charge in [0, 0.05) is 0 Å². The molecule has 0 N–H and O–H groups in total. The summed E-state index contributed by atoms with van der Waals surface area (Å²) in [6.45, 7) is 0. The number of hydrogen-bond acceptors (Lipinski definition) is 2. The molecule has 2 nitrogen and oxygen atoms in total. The fraction of sp³-hybridized carbons (Fsp3) is 0.250. The van der Waals surface area contributed by atoms with Gasteiger partial charge in [0.05, 0.1) is 14.2 Å². The van der Waals surface area contributed by atoms with E-state index in [2.05, 4.69) is 24.3 Å². The number of ether oxygens (including phenoxy) is 2. The van der Waals surface area contributed by atoms with E-state index in [1.165, 1.54) is 22.3 Å². The zero-order valence-electron chi connectivity index (χ0n) is 10.7. The van der Waals surface area contributed by atoms with Gasteiger partial charge in [-0.05, 0) is 59.4 Å². The lowest BCUT2D eigenvalue weighted by atomic mass is 9.85. The van der Waals surface area contributed by atoms with E-state index < -0.39 is 0 Å². The average Bonchev–Trinajstić information content (AvgIpc) is 2.45. The molecule has 0 aromatic heterocycles. The van der Waals surface area contributed by atoms with Crippen LogP contribution in [-0.2, 0) is 12.8 Å². The molecule has 0 heterocycles. The lowest BCUT2D eigenvalue weighted by Gasteiger charge is -2.21. The fourth-order valence-corrected chi connectivity index (χ4v) is 2.59. The van der Waals surface area contributed by atoms with Gasteiger partial charge in [-0.15, -0.1) is 0 Å². The minimum absolute atomic E-state index is 0.914. The van der Waals surface area contributed by atoms with Crippen molar-refractivity contribution in [3.8, 4) is 22.6 Å². The highest BCUT2D eigenvalue weighted by atomic mass is 16.5. The van der Waals surface area contributed by atoms with Gasteiger partial charge in [-0.3, -0.25) is 0 Å². The van der Waals surface area contributed by atoms with Crippen LogP contribution in [0.3, 0.4) is 0 Å². The third-order valence-electron chi connectivity index (χ3n) is 3.58. The SMILES string of the molecule is COc1ccc2c(c1)CCc1ccc(OC)cc1-2. The summed E-state index contributed by atoms with van der Waals surface area (Å²) in [7, 11) is 3.42. The third-order valence-corrected chi connectivity index (χ3v) is 3.58. The van der Waals surface area contributed by atoms with Gasteiger partial charge < -0.3 is 9.47 Å². The van der Waals surface area contributed by atoms with Crippen LogP contribution in [0.2, 0.25) is 0 Å². The first-order valence-electron chi connectivity index (χ1n) is 6.16. The van der Waals surface area contributed by atoms with Crippen molar-refractivity contribution in [2.24, 2.45) is 0 Å². The third kappa shape index (κ3) is 1.74. The van der Waals surface area contributed by atoms with Crippen LogP contribution in [0.15, 0.2) is 36.4 Å². The van der Waals surface area contributed by atoms with Crippen LogP contribution in [0.25, 0.3) is 11.1 Å². The van der Waals surface area contributed by atoms with E-state index in [4.69, 9.17) is 9.47 Å². The number of hydrogen-bond donors (Lipinski definition) is 0. The van der Waals surface area contributed by atoms with Crippen LogP contribution in [-0.4, -0.2) is 14.2 Å². The molecular weight excluding hydrogens is 224 g/mol. The van der Waals surface area contributed by atoms with Crippen molar-refractivity contribution in [1.29, 1.82) is 0 Å². The molecule has 0 saturated heterocycles. The Hall–Kier alpha value is -1.96. The Labute approximate surface area is 107 Å². The molecule has 18 heavy (non-hydrogen) atoms. The Morgan fingerprint density at radius 3 is 2.17 bits per heavy atom. The molecule has 92 valence electrons. The number of fused-ring (bicyclic) bond motifs is 3. The largest absolute Gasteiger partial charge is 0.497 e. The van der Waals surface area contributed by atoms with Crippen molar-refractivity contribution < 1.29 is 9.47 Å². The zero-order valence-corrected chi connectivity index (χ0v) is 10.7. The molecule has 2 aromatic carbocycles. The maximum Gasteiger partial charge on any atom is 0.119 e. The molecule has 0 radical (unpaired) electrons. The van der Waals surface area contributed by atoms with Gasteiger partial charge in [0.2, 0.25) is 0 Å². The molecule has 0 unspecified atom stereocenters. The first-order chi connectivity index (χ1) is 8.81. The Morgan fingerprint density at radius 2 is 1.39 bits per heavy atom. The van der Waals surface area contributed by atoms with Crippen molar-refractivity contribution in [3.63, 3.8) is 0 Å². The number of rotatable bonds is 2. The average molecular weight is 240 g/mol. The Kier molecular flexibility index (Phi) is 2.71. The molecule has 0 aliphatic heterocycles. The van der Waals surface area contributed by atoms with Crippen LogP contribution in [0.5, 0.6) is 11.5 Å². The molecule has 3 rings (SSSR count). The summed E-state index contributed by atoms with van der Waals surface area (Å²) < 4.78 is 10.6. The predicted octanol–water partition coefficient (Wildman–Crippen LogP) is 3.47. The molecule has 1 aliphatic rings. The van der Waals surface area contributed by atoms with E-state index >= 15 is 0 Å². The summed E-state index contributed by atoms with van der Waals surface area (Å²) in [5.74, 6) is 1.84. The Bertz CT molecular complexity index is 588. The highest BCUT2D eigenvalue weighted by Gasteiger charge is 2.17. The summed E-state index contributed by atoms with van der Waals surface area (Å²) >= 11 is 0. The molecule has 0 atom stereocenters. The second kappa shape index (κ2) is 4.37. The first-order valence-corrected chi connectivity index (χ1v) is 6.16. The Balaban J connectivity index is 2.15. The van der Waals surface area contributed by atoms with Crippen LogP contribution in [0.1, 0.15) is 11.1 Å². The minimum Gasteiger partial charge on any atom is -0.497 e. The number of aryl methyl sites for hydroxylation is 2. The van der Waals surface area contributed by atoms with Gasteiger partial charge in [-0.2, -0.15) is 0 Å². The fourth-order valence-electron chi connectivity index (χ4n) is 2.59. The molecular formula is C16H16O2. The molecule has 2 heteroatoms. The molecule has 0 fully saturated rings. The summed E-state index contributed by atoms with van der Waals surface area (Å²) in [5.41, 5.74) is 5.35. The first kappa shape index (κ1) is 11.1. The molecule has 0 spiro atoms. The van der Waals surface area contributed by atoms with E-state index in [0.717, 1.165) is 24.3 Å². The summed E-state index contributed by atoms with van der Waals surface area (Å²) in [4.78, 5) is 0. The van der Waals surface area contributed by atoms with E-state index in [1.807, 2.05) is 12.1 Å². The second-order valence-electron chi connectivity index (χ2n) is 4.55. The van der Waals surface area contributed by atoms with Gasteiger partial charge >= 0.3 is 0 Å². The smallest absolute Gasteiger partial charge is 0.119 e. The molecule has 1 aliphatic carbocycles. The van der Waals surface area contributed by atoms with Gasteiger partial charge in [-0.25, -0.2) is 0 Å². The number of methoxy groups -OCH3 is 2. The summed E-state index contributed by atoms with van der Waals surface area (Å²) in [6.07, 6.45) is 2.16. The summed E-state index contributed by atoms with van der Waals surface area (Å²) in [6, 6.07) is 12.6. The van der Waals surface area contributed by atoms with Gasteiger partial charge in [0.25, 0.3) is 0 Å². The van der Waals surface area contributed by atoms with Crippen molar-refractivity contribution in [3.05, 3.63) is 47.5 Å². The highest BCUT2D eigenvalue weighted by Crippen LogP contribution is 2.37. The molecule has 0 bridgehead atoms. The van der Waals surface area contributed by atoms with Crippen LogP contribution < -0.4 is 9.47 Å². The number of benzene rings is 2. The normalized spacial score (nSPS) is 12.6. The highest BCUT2D eigenvalue weighted by molar-refractivity contribution is 5.75. The quantitative estimate of drug-likeness (QED) is 0.800. The Morgan fingerprint density at radius 1 is 0.722 bits per heavy atom. The van der Waals surface area contributed by atoms with Crippen molar-refractivity contribution in [2.45, 2.75) is 12.8 Å². The van der Waals surface area contributed by atoms with Crippen LogP contribution in [0.4, 0.5) is 0 Å². The maximum atomic E-state index is 5.32. The topological polar surface area (TPSA) is 18.5 Å². The van der Waals surface area contributed by atoms with E-state index in [0.29, 0.717) is 0 Å². The van der Waals surface area contributed by atoms with Gasteiger partial charge in [0.1, 0.15) is 11.5 Å². The maximum absolute atomic E-state index is 5.32. The van der Waals surface area contributed by atoms with E-state index in [9.17, 15) is 0 Å². The van der Waals surface area contributed by atoms with Crippen molar-refractivity contribution in [1.82, 2.24) is 0 Å². The second-order valence-corrected chi connectivity index (χ2v) is 4.55. The van der Waals surface area contributed by atoms with Gasteiger partial charge in [-0.1, -0.05) is 12.1 Å². The van der Waals surface area contributed by atoms with E-state index in [-0.39, 0.29) is 0 Å². The predicted molar refractivity (Wildman–Crippen MR) is 72.4 cm³/mol. The van der Waals surface area contributed by atoms with E-state index in [1.54, 1.807) is 14.2 Å². The molecule has 0 amide bonds. The zero-order chi connectivity index (χ0) is 12.5. The lowest BCUT2D eigenvalue weighted by Crippen LogP contribution is -2.04.